The van der Waals surface area contributed by atoms with Crippen LogP contribution < -0.4 is 0 Å². The van der Waals surface area contributed by atoms with E-state index in [2.05, 4.69) is 6.92 Å². The molecule has 0 amide bonds. The Morgan fingerprint density at radius 1 is 1.55 bits per heavy atom. The van der Waals surface area contributed by atoms with Gasteiger partial charge in [-0.3, -0.25) is 0 Å². The average Bonchev–Trinajstić information content (AvgIpc) is 2.48. The number of unbranched alkanes of at least 4 members (excludes halogenated alkanes) is 1. The average molecular weight is 153 g/mol. The highest BCUT2D eigenvalue weighted by molar-refractivity contribution is 5.11. The summed E-state index contributed by atoms with van der Waals surface area (Å²) in [6, 6.07) is 3.67. The lowest BCUT2D eigenvalue weighted by Gasteiger charge is -1.92. The maximum absolute atomic E-state index is 8.56. The van der Waals surface area contributed by atoms with E-state index < -0.39 is 0 Å². The summed E-state index contributed by atoms with van der Waals surface area (Å²) in [5.74, 6) is 1.49. The van der Waals surface area contributed by atoms with E-state index in [0.29, 0.717) is 5.76 Å². The van der Waals surface area contributed by atoms with Crippen molar-refractivity contribution < 1.29 is 9.52 Å². The third-order valence-electron chi connectivity index (χ3n) is 1.59. The molecule has 1 aromatic heterocycles. The fraction of sp³-hybridized carbons (Fsp3) is 0.444. The van der Waals surface area contributed by atoms with Gasteiger partial charge in [0.15, 0.2) is 0 Å². The molecule has 2 heteroatoms. The molecule has 0 aliphatic carbocycles. The van der Waals surface area contributed by atoms with Gasteiger partial charge in [-0.05, 0) is 18.6 Å². The van der Waals surface area contributed by atoms with E-state index in [1.54, 1.807) is 6.07 Å². The van der Waals surface area contributed by atoms with Crippen molar-refractivity contribution in [3.8, 4) is 0 Å². The SMILES string of the molecule is CCCCc1ccc([CH]O)o1. The van der Waals surface area contributed by atoms with Crippen molar-refractivity contribution >= 4 is 0 Å². The summed E-state index contributed by atoms with van der Waals surface area (Å²) >= 11 is 0. The van der Waals surface area contributed by atoms with Crippen molar-refractivity contribution in [2.45, 2.75) is 26.2 Å². The molecular weight excluding hydrogens is 140 g/mol. The van der Waals surface area contributed by atoms with Gasteiger partial charge in [-0.15, -0.1) is 0 Å². The summed E-state index contributed by atoms with van der Waals surface area (Å²) in [7, 11) is 0. The van der Waals surface area contributed by atoms with Crippen LogP contribution in [0.2, 0.25) is 0 Å². The van der Waals surface area contributed by atoms with Crippen LogP contribution in [-0.2, 0) is 6.42 Å². The van der Waals surface area contributed by atoms with Crippen LogP contribution in [0, 0.1) is 6.61 Å². The molecule has 0 atom stereocenters. The van der Waals surface area contributed by atoms with Gasteiger partial charge < -0.3 is 9.52 Å². The Balaban J connectivity index is 2.44. The zero-order valence-electron chi connectivity index (χ0n) is 6.71. The van der Waals surface area contributed by atoms with Gasteiger partial charge in [0.2, 0.25) is 0 Å². The minimum absolute atomic E-state index is 0.538. The van der Waals surface area contributed by atoms with Crippen LogP contribution in [0.15, 0.2) is 16.5 Å². The number of aliphatic hydroxyl groups is 1. The van der Waals surface area contributed by atoms with E-state index in [9.17, 15) is 0 Å². The van der Waals surface area contributed by atoms with Crippen molar-refractivity contribution in [2.24, 2.45) is 0 Å². The summed E-state index contributed by atoms with van der Waals surface area (Å²) in [4.78, 5) is 0. The molecule has 1 aromatic rings. The van der Waals surface area contributed by atoms with Gasteiger partial charge >= 0.3 is 0 Å². The molecule has 11 heavy (non-hydrogen) atoms. The first kappa shape index (κ1) is 8.34. The van der Waals surface area contributed by atoms with Gasteiger partial charge in [0.25, 0.3) is 0 Å². The van der Waals surface area contributed by atoms with Crippen LogP contribution in [-0.4, -0.2) is 5.11 Å². The predicted octanol–water partition coefficient (Wildman–Crippen LogP) is 2.50. The molecule has 1 heterocycles. The molecule has 1 rings (SSSR count). The highest BCUT2D eigenvalue weighted by Gasteiger charge is 1.99. The third-order valence-corrected chi connectivity index (χ3v) is 1.59. The molecule has 0 bridgehead atoms. The predicted molar refractivity (Wildman–Crippen MR) is 42.7 cm³/mol. The van der Waals surface area contributed by atoms with E-state index in [1.807, 2.05) is 6.07 Å². The maximum atomic E-state index is 8.56. The maximum Gasteiger partial charge on any atom is 0.145 e. The molecule has 0 saturated carbocycles. The Morgan fingerprint density at radius 2 is 2.36 bits per heavy atom. The van der Waals surface area contributed by atoms with Crippen molar-refractivity contribution in [2.75, 3.05) is 0 Å². The summed E-state index contributed by atoms with van der Waals surface area (Å²) in [6.07, 6.45) is 3.27. The normalized spacial score (nSPS) is 10.4. The van der Waals surface area contributed by atoms with Gasteiger partial charge in [-0.1, -0.05) is 13.3 Å². The molecule has 0 saturated heterocycles. The Bertz CT molecular complexity index is 203. The second kappa shape index (κ2) is 4.19. The van der Waals surface area contributed by atoms with E-state index in [-0.39, 0.29) is 0 Å². The lowest BCUT2D eigenvalue weighted by molar-refractivity contribution is 0.363. The molecule has 0 fully saturated rings. The van der Waals surface area contributed by atoms with Crippen molar-refractivity contribution in [1.29, 1.82) is 0 Å². The first-order valence-corrected chi connectivity index (χ1v) is 3.93. The smallest absolute Gasteiger partial charge is 0.145 e. The summed E-state index contributed by atoms with van der Waals surface area (Å²) in [5, 5.41) is 8.56. The third kappa shape index (κ3) is 2.39. The van der Waals surface area contributed by atoms with Crippen LogP contribution in [0.5, 0.6) is 0 Å². The number of rotatable bonds is 4. The number of furan rings is 1. The van der Waals surface area contributed by atoms with Crippen molar-refractivity contribution in [1.82, 2.24) is 0 Å². The van der Waals surface area contributed by atoms with Crippen LogP contribution in [0.1, 0.15) is 31.3 Å². The largest absolute Gasteiger partial charge is 0.463 e. The summed E-state index contributed by atoms with van der Waals surface area (Å²) in [6.45, 7) is 3.12. The number of hydrogen-bond acceptors (Lipinski definition) is 2. The summed E-state index contributed by atoms with van der Waals surface area (Å²) in [5.41, 5.74) is 0. The first-order chi connectivity index (χ1) is 5.36. The van der Waals surface area contributed by atoms with Gasteiger partial charge in [-0.2, -0.15) is 0 Å². The Morgan fingerprint density at radius 3 is 2.91 bits per heavy atom. The zero-order chi connectivity index (χ0) is 8.10. The van der Waals surface area contributed by atoms with Gasteiger partial charge in [0.1, 0.15) is 18.1 Å². The zero-order valence-corrected chi connectivity index (χ0v) is 6.71. The fourth-order valence-electron chi connectivity index (χ4n) is 0.949. The minimum Gasteiger partial charge on any atom is -0.463 e. The van der Waals surface area contributed by atoms with Crippen LogP contribution >= 0.6 is 0 Å². The molecule has 1 N–H and O–H groups in total. The molecule has 0 aliphatic rings. The van der Waals surface area contributed by atoms with E-state index in [0.717, 1.165) is 25.2 Å². The topological polar surface area (TPSA) is 33.4 Å². The van der Waals surface area contributed by atoms with E-state index in [4.69, 9.17) is 9.52 Å². The minimum atomic E-state index is 0.538. The second-order valence-electron chi connectivity index (χ2n) is 2.54. The Labute approximate surface area is 66.8 Å². The molecule has 2 nitrogen and oxygen atoms in total. The molecule has 0 aromatic carbocycles. The van der Waals surface area contributed by atoms with Gasteiger partial charge in [0.05, 0.1) is 0 Å². The molecule has 1 radical (unpaired) electrons. The van der Waals surface area contributed by atoms with Crippen LogP contribution in [0.3, 0.4) is 0 Å². The molecule has 0 spiro atoms. The number of aryl methyl sites for hydroxylation is 1. The van der Waals surface area contributed by atoms with Gasteiger partial charge in [0, 0.05) is 6.42 Å². The standard InChI is InChI=1S/C9H13O2/c1-2-3-4-8-5-6-9(7-10)11-8/h5-7,10H,2-4H2,1H3. The second-order valence-corrected chi connectivity index (χ2v) is 2.54. The lowest BCUT2D eigenvalue weighted by atomic mass is 10.2. The monoisotopic (exact) mass is 153 g/mol. The highest BCUT2D eigenvalue weighted by atomic mass is 16.4. The molecule has 0 unspecified atom stereocenters. The molecule has 61 valence electrons. The van der Waals surface area contributed by atoms with Crippen molar-refractivity contribution in [3.05, 3.63) is 30.3 Å². The fourth-order valence-corrected chi connectivity index (χ4v) is 0.949. The molecule has 0 aliphatic heterocycles. The van der Waals surface area contributed by atoms with Crippen LogP contribution in [0.25, 0.3) is 0 Å². The van der Waals surface area contributed by atoms with Crippen molar-refractivity contribution in [3.63, 3.8) is 0 Å². The highest BCUT2D eigenvalue weighted by Crippen LogP contribution is 2.11. The first-order valence-electron chi connectivity index (χ1n) is 3.93. The summed E-state index contributed by atoms with van der Waals surface area (Å²) < 4.78 is 5.23. The number of hydrogen-bond donors (Lipinski definition) is 1. The number of aliphatic hydroxyl groups excluding tert-OH is 1. The van der Waals surface area contributed by atoms with Gasteiger partial charge in [-0.25, -0.2) is 0 Å². The molecular formula is C9H13O2. The lowest BCUT2D eigenvalue weighted by Crippen LogP contribution is -1.79. The van der Waals surface area contributed by atoms with E-state index >= 15 is 0 Å². The van der Waals surface area contributed by atoms with Crippen LogP contribution in [0.4, 0.5) is 0 Å². The quantitative estimate of drug-likeness (QED) is 0.721. The Hall–Kier alpha value is -0.760. The van der Waals surface area contributed by atoms with E-state index in [1.165, 1.54) is 6.42 Å². The Kier molecular flexibility index (Phi) is 3.17.